The highest BCUT2D eigenvalue weighted by Crippen LogP contribution is 2.28. The van der Waals surface area contributed by atoms with Gasteiger partial charge in [0.15, 0.2) is 0 Å². The van der Waals surface area contributed by atoms with Crippen LogP contribution in [0, 0.1) is 5.41 Å². The summed E-state index contributed by atoms with van der Waals surface area (Å²) in [5.74, 6) is -0.672. The van der Waals surface area contributed by atoms with Gasteiger partial charge in [-0.25, -0.2) is 4.39 Å². The Morgan fingerprint density at radius 2 is 1.76 bits per heavy atom. The Balaban J connectivity index is 1.77. The number of alkyl halides is 1. The van der Waals surface area contributed by atoms with Crippen LogP contribution in [0.4, 0.5) is 4.39 Å². The van der Waals surface area contributed by atoms with Gasteiger partial charge in [0, 0.05) is 18.1 Å². The molecule has 1 atom stereocenters. The minimum Gasteiger partial charge on any atom is -0.496 e. The van der Waals surface area contributed by atoms with Gasteiger partial charge in [0.05, 0.1) is 12.7 Å². The molecule has 0 aliphatic heterocycles. The van der Waals surface area contributed by atoms with Crippen LogP contribution < -0.4 is 20.7 Å². The molecule has 0 aliphatic carbocycles. The number of nitrogens with one attached hydrogen (secondary N) is 4. The first-order valence-electron chi connectivity index (χ1n) is 11.8. The average molecular weight is 525 g/mol. The maximum absolute atomic E-state index is 13.4. The highest BCUT2D eigenvalue weighted by Gasteiger charge is 2.23. The second-order valence-corrected chi connectivity index (χ2v) is 8.77. The summed E-state index contributed by atoms with van der Waals surface area (Å²) < 4.78 is 18.0. The Bertz CT molecular complexity index is 1220. The largest absolute Gasteiger partial charge is 0.496 e. The van der Waals surface area contributed by atoms with Crippen LogP contribution in [0.1, 0.15) is 28.8 Å². The van der Waals surface area contributed by atoms with Crippen molar-refractivity contribution in [1.29, 1.82) is 5.41 Å². The van der Waals surface area contributed by atoms with Gasteiger partial charge in [-0.15, -0.1) is 0 Å². The summed E-state index contributed by atoms with van der Waals surface area (Å²) in [6.07, 6.45) is 0.723. The molecule has 0 saturated carbocycles. The lowest BCUT2D eigenvalue weighted by Crippen LogP contribution is -2.47. The van der Waals surface area contributed by atoms with E-state index in [0.717, 1.165) is 16.7 Å². The summed E-state index contributed by atoms with van der Waals surface area (Å²) in [5.41, 5.74) is 2.81. The molecule has 0 aliphatic rings. The number of hydrogen-bond acceptors (Lipinski definition) is 4. The van der Waals surface area contributed by atoms with Crippen molar-refractivity contribution < 1.29 is 18.7 Å². The van der Waals surface area contributed by atoms with E-state index >= 15 is 0 Å². The summed E-state index contributed by atoms with van der Waals surface area (Å²) in [6.45, 7) is -0.278. The van der Waals surface area contributed by atoms with E-state index in [9.17, 15) is 14.0 Å². The number of ether oxygens (including phenoxy) is 1. The minimum absolute atomic E-state index is 0.225. The van der Waals surface area contributed by atoms with Crippen LogP contribution in [0.25, 0.3) is 11.1 Å². The number of hydrogen-bond donors (Lipinski definition) is 4. The summed E-state index contributed by atoms with van der Waals surface area (Å²) in [6, 6.07) is 21.1. The molecule has 4 N–H and O–H groups in total. The lowest BCUT2D eigenvalue weighted by atomic mass is 10.0. The number of carbonyl (C=O) groups is 2. The SMILES string of the molecule is COc1ccc(-c2cccc(Cl)c2)cc1C(=O)N[C@@H](CCCNC(=N)CF)C(=O)NCc1ccccc1. The average Bonchev–Trinajstić information content (AvgIpc) is 2.93. The molecular weight excluding hydrogens is 495 g/mol. The Kier molecular flexibility index (Phi) is 10.5. The standard InChI is InChI=1S/C28H30ClFN4O3/c1-37-25-13-12-21(20-9-5-10-22(29)15-20)16-23(25)27(35)34-24(11-6-14-32-26(31)17-30)28(36)33-18-19-7-3-2-4-8-19/h2-5,7-10,12-13,15-16,24H,6,11,14,17-18H2,1H3,(H2,31,32)(H,33,36)(H,34,35)/t24-/m0/s1. The van der Waals surface area contributed by atoms with Gasteiger partial charge >= 0.3 is 0 Å². The van der Waals surface area contributed by atoms with Crippen molar-refractivity contribution in [1.82, 2.24) is 16.0 Å². The van der Waals surface area contributed by atoms with E-state index < -0.39 is 18.6 Å². The van der Waals surface area contributed by atoms with Gasteiger partial charge in [0.25, 0.3) is 5.91 Å². The first kappa shape index (κ1) is 27.7. The summed E-state index contributed by atoms with van der Waals surface area (Å²) in [5, 5.41) is 16.3. The number of amides is 2. The lowest BCUT2D eigenvalue weighted by Gasteiger charge is -2.20. The van der Waals surface area contributed by atoms with Gasteiger partial charge in [-0.2, -0.15) is 0 Å². The van der Waals surface area contributed by atoms with Crippen LogP contribution in [0.3, 0.4) is 0 Å². The predicted octanol–water partition coefficient (Wildman–Crippen LogP) is 4.75. The van der Waals surface area contributed by atoms with Crippen molar-refractivity contribution in [2.45, 2.75) is 25.4 Å². The second kappa shape index (κ2) is 14.0. The van der Waals surface area contributed by atoms with Gasteiger partial charge < -0.3 is 20.7 Å². The van der Waals surface area contributed by atoms with Gasteiger partial charge in [0.2, 0.25) is 5.91 Å². The first-order valence-corrected chi connectivity index (χ1v) is 12.2. The molecule has 0 heterocycles. The topological polar surface area (TPSA) is 103 Å². The maximum Gasteiger partial charge on any atom is 0.255 e. The Hall–Kier alpha value is -3.91. The Morgan fingerprint density at radius 3 is 2.46 bits per heavy atom. The molecule has 194 valence electrons. The fourth-order valence-electron chi connectivity index (χ4n) is 3.74. The van der Waals surface area contributed by atoms with Crippen molar-refractivity contribution >= 4 is 29.3 Å². The van der Waals surface area contributed by atoms with E-state index in [2.05, 4.69) is 16.0 Å². The molecule has 0 fully saturated rings. The zero-order valence-electron chi connectivity index (χ0n) is 20.5. The monoisotopic (exact) mass is 524 g/mol. The summed E-state index contributed by atoms with van der Waals surface area (Å²) in [7, 11) is 1.47. The van der Waals surface area contributed by atoms with Gasteiger partial charge in [-0.1, -0.05) is 60.1 Å². The molecule has 7 nitrogen and oxygen atoms in total. The number of amidine groups is 1. The molecule has 0 unspecified atom stereocenters. The van der Waals surface area contributed by atoms with Crippen molar-refractivity contribution in [2.75, 3.05) is 20.3 Å². The first-order chi connectivity index (χ1) is 17.9. The number of rotatable bonds is 12. The van der Waals surface area contributed by atoms with Gasteiger partial charge in [0.1, 0.15) is 24.3 Å². The van der Waals surface area contributed by atoms with Crippen LogP contribution in [0.5, 0.6) is 5.75 Å². The highest BCUT2D eigenvalue weighted by atomic mass is 35.5. The molecule has 3 aromatic carbocycles. The number of halogens is 2. The third-order valence-corrected chi connectivity index (χ3v) is 5.91. The molecule has 37 heavy (non-hydrogen) atoms. The molecule has 0 bridgehead atoms. The molecule has 2 amide bonds. The smallest absolute Gasteiger partial charge is 0.255 e. The van der Waals surface area contributed by atoms with Crippen LogP contribution in [-0.2, 0) is 11.3 Å². The van der Waals surface area contributed by atoms with Crippen molar-refractivity contribution in [3.63, 3.8) is 0 Å². The fraction of sp³-hybridized carbons (Fsp3) is 0.250. The van der Waals surface area contributed by atoms with Crippen LogP contribution in [0.15, 0.2) is 72.8 Å². The van der Waals surface area contributed by atoms with Crippen LogP contribution >= 0.6 is 11.6 Å². The molecule has 9 heteroatoms. The Morgan fingerprint density at radius 1 is 1.00 bits per heavy atom. The lowest BCUT2D eigenvalue weighted by molar-refractivity contribution is -0.123. The van der Waals surface area contributed by atoms with Crippen LogP contribution in [0.2, 0.25) is 5.02 Å². The molecule has 0 spiro atoms. The fourth-order valence-corrected chi connectivity index (χ4v) is 3.93. The third-order valence-electron chi connectivity index (χ3n) is 5.68. The predicted molar refractivity (Wildman–Crippen MR) is 144 cm³/mol. The maximum atomic E-state index is 13.4. The second-order valence-electron chi connectivity index (χ2n) is 8.34. The van der Waals surface area contributed by atoms with E-state index in [4.69, 9.17) is 21.7 Å². The van der Waals surface area contributed by atoms with Crippen LogP contribution in [-0.4, -0.2) is 44.0 Å². The van der Waals surface area contributed by atoms with E-state index in [-0.39, 0.29) is 23.7 Å². The van der Waals surface area contributed by atoms with Gasteiger partial charge in [-0.3, -0.25) is 15.0 Å². The highest BCUT2D eigenvalue weighted by molar-refractivity contribution is 6.30. The molecule has 0 saturated heterocycles. The quantitative estimate of drug-likeness (QED) is 0.156. The van der Waals surface area contributed by atoms with E-state index in [1.54, 1.807) is 24.3 Å². The number of methoxy groups -OCH3 is 1. The van der Waals surface area contributed by atoms with Crippen molar-refractivity contribution in [2.24, 2.45) is 0 Å². The molecule has 0 radical (unpaired) electrons. The molecule has 0 aromatic heterocycles. The van der Waals surface area contributed by atoms with E-state index in [1.165, 1.54) is 7.11 Å². The normalized spacial score (nSPS) is 11.3. The summed E-state index contributed by atoms with van der Waals surface area (Å²) in [4.78, 5) is 26.4. The van der Waals surface area contributed by atoms with Gasteiger partial charge in [-0.05, 0) is 53.8 Å². The van der Waals surface area contributed by atoms with E-state index in [1.807, 2.05) is 48.5 Å². The van der Waals surface area contributed by atoms with Crippen molar-refractivity contribution in [3.8, 4) is 16.9 Å². The molecular formula is C28H30ClFN4O3. The zero-order valence-corrected chi connectivity index (χ0v) is 21.3. The zero-order chi connectivity index (χ0) is 26.6. The third kappa shape index (κ3) is 8.32. The Labute approximate surface area is 220 Å². The van der Waals surface area contributed by atoms with Crippen molar-refractivity contribution in [3.05, 3.63) is 88.9 Å². The number of benzene rings is 3. The molecule has 3 rings (SSSR count). The number of carbonyl (C=O) groups excluding carboxylic acids is 2. The molecule has 3 aromatic rings. The summed E-state index contributed by atoms with van der Waals surface area (Å²) >= 11 is 6.13. The van der Waals surface area contributed by atoms with E-state index in [0.29, 0.717) is 30.3 Å². The minimum atomic E-state index is -0.888.